The molecule has 0 bridgehead atoms. The summed E-state index contributed by atoms with van der Waals surface area (Å²) in [4.78, 5) is 34.5. The summed E-state index contributed by atoms with van der Waals surface area (Å²) in [6, 6.07) is 9.33. The zero-order chi connectivity index (χ0) is 19.5. The maximum Gasteiger partial charge on any atom is 0.262 e. The van der Waals surface area contributed by atoms with Crippen LogP contribution in [0, 0.1) is 0 Å². The van der Waals surface area contributed by atoms with Crippen LogP contribution in [0.3, 0.4) is 0 Å². The minimum Gasteiger partial charge on any atom is -0.319 e. The van der Waals surface area contributed by atoms with Gasteiger partial charge in [-0.15, -0.1) is 22.7 Å². The Morgan fingerprint density at radius 3 is 2.86 bits per heavy atom. The molecule has 0 saturated carbocycles. The summed E-state index contributed by atoms with van der Waals surface area (Å²) in [5.74, 6) is -0.285. The number of carbonyl (C=O) groups is 1. The molecular formula is C19H15ClN4O2S2. The minimum atomic E-state index is -0.285. The predicted octanol–water partition coefficient (Wildman–Crippen LogP) is 3.54. The van der Waals surface area contributed by atoms with Crippen molar-refractivity contribution in [2.45, 2.75) is 19.5 Å². The summed E-state index contributed by atoms with van der Waals surface area (Å²) in [7, 11) is 0. The molecule has 3 heterocycles. The zero-order valence-corrected chi connectivity index (χ0v) is 17.0. The van der Waals surface area contributed by atoms with E-state index < -0.39 is 0 Å². The first kappa shape index (κ1) is 18.8. The average molecular weight is 431 g/mol. The van der Waals surface area contributed by atoms with Gasteiger partial charge in [-0.3, -0.25) is 14.2 Å². The van der Waals surface area contributed by atoms with E-state index in [0.29, 0.717) is 26.6 Å². The monoisotopic (exact) mass is 430 g/mol. The number of hydrogen-bond donors (Lipinski definition) is 0. The van der Waals surface area contributed by atoms with Crippen molar-refractivity contribution >= 4 is 50.4 Å². The third-order valence-electron chi connectivity index (χ3n) is 4.20. The molecule has 1 aromatic carbocycles. The van der Waals surface area contributed by atoms with Crippen molar-refractivity contribution < 1.29 is 4.79 Å². The number of aromatic nitrogens is 3. The number of nitrogens with zero attached hydrogens (tertiary/aromatic N) is 4. The van der Waals surface area contributed by atoms with Crippen LogP contribution in [0.15, 0.2) is 63.4 Å². The third kappa shape index (κ3) is 3.99. The van der Waals surface area contributed by atoms with Crippen LogP contribution in [-0.2, 0) is 17.9 Å². The van der Waals surface area contributed by atoms with Gasteiger partial charge in [-0.05, 0) is 23.1 Å². The molecule has 0 spiro atoms. The van der Waals surface area contributed by atoms with Crippen LogP contribution in [0.1, 0.15) is 12.0 Å². The quantitative estimate of drug-likeness (QED) is 0.486. The van der Waals surface area contributed by atoms with E-state index in [1.54, 1.807) is 6.07 Å². The normalized spacial score (nSPS) is 12.0. The Hall–Kier alpha value is -2.55. The Kier molecular flexibility index (Phi) is 5.52. The van der Waals surface area contributed by atoms with Crippen molar-refractivity contribution in [3.05, 3.63) is 79.4 Å². The number of rotatable bonds is 5. The smallest absolute Gasteiger partial charge is 0.262 e. The Bertz CT molecular complexity index is 1270. The van der Waals surface area contributed by atoms with Gasteiger partial charge in [0.05, 0.1) is 18.3 Å². The van der Waals surface area contributed by atoms with Crippen molar-refractivity contribution in [2.75, 3.05) is 0 Å². The van der Waals surface area contributed by atoms with E-state index in [1.807, 2.05) is 45.8 Å². The summed E-state index contributed by atoms with van der Waals surface area (Å²) < 4.78 is 3.34. The largest absolute Gasteiger partial charge is 0.319 e. The second-order valence-electron chi connectivity index (χ2n) is 6.04. The van der Waals surface area contributed by atoms with Crippen LogP contribution in [0.4, 0.5) is 0 Å². The lowest BCUT2D eigenvalue weighted by atomic mass is 10.2. The topological polar surface area (TPSA) is 69.2 Å². The SMILES string of the molecule is O=C(CCn1cnc2sccc2c1=O)N=c1sccn1Cc1ccccc1Cl. The van der Waals surface area contributed by atoms with E-state index in [2.05, 4.69) is 9.98 Å². The van der Waals surface area contributed by atoms with Crippen LogP contribution in [0.25, 0.3) is 10.2 Å². The van der Waals surface area contributed by atoms with Crippen molar-refractivity contribution in [1.82, 2.24) is 14.1 Å². The number of thiazole rings is 1. The van der Waals surface area contributed by atoms with Crippen LogP contribution < -0.4 is 10.4 Å². The molecule has 0 N–H and O–H groups in total. The highest BCUT2D eigenvalue weighted by molar-refractivity contribution is 7.16. The van der Waals surface area contributed by atoms with Crippen LogP contribution in [0.2, 0.25) is 5.02 Å². The van der Waals surface area contributed by atoms with Gasteiger partial charge in [-0.2, -0.15) is 4.99 Å². The zero-order valence-electron chi connectivity index (χ0n) is 14.6. The molecule has 3 aromatic heterocycles. The molecule has 0 aliphatic carbocycles. The maximum absolute atomic E-state index is 12.4. The Balaban J connectivity index is 1.49. The molecule has 0 aliphatic heterocycles. The number of aryl methyl sites for hydroxylation is 1. The molecule has 4 rings (SSSR count). The van der Waals surface area contributed by atoms with E-state index >= 15 is 0 Å². The maximum atomic E-state index is 12.4. The second kappa shape index (κ2) is 8.22. The van der Waals surface area contributed by atoms with Gasteiger partial charge in [0.1, 0.15) is 4.83 Å². The van der Waals surface area contributed by atoms with Crippen molar-refractivity contribution in [1.29, 1.82) is 0 Å². The molecule has 0 fully saturated rings. The number of fused-ring (bicyclic) bond motifs is 1. The first-order valence-corrected chi connectivity index (χ1v) is 10.6. The van der Waals surface area contributed by atoms with Gasteiger partial charge in [0.25, 0.3) is 5.56 Å². The number of hydrogen-bond acceptors (Lipinski definition) is 5. The van der Waals surface area contributed by atoms with Crippen LogP contribution in [-0.4, -0.2) is 20.0 Å². The Labute approximate surface area is 173 Å². The van der Waals surface area contributed by atoms with E-state index in [1.165, 1.54) is 33.6 Å². The molecule has 1 amide bonds. The number of halogens is 1. The molecule has 6 nitrogen and oxygen atoms in total. The van der Waals surface area contributed by atoms with Crippen LogP contribution in [0.5, 0.6) is 0 Å². The predicted molar refractivity (Wildman–Crippen MR) is 112 cm³/mol. The third-order valence-corrected chi connectivity index (χ3v) is 6.18. The fourth-order valence-corrected chi connectivity index (χ4v) is 4.41. The lowest BCUT2D eigenvalue weighted by molar-refractivity contribution is -0.118. The molecule has 0 unspecified atom stereocenters. The molecule has 0 aliphatic rings. The fourth-order valence-electron chi connectivity index (χ4n) is 2.75. The van der Waals surface area contributed by atoms with Crippen molar-refractivity contribution in [2.24, 2.45) is 4.99 Å². The van der Waals surface area contributed by atoms with Gasteiger partial charge in [0.15, 0.2) is 4.80 Å². The van der Waals surface area contributed by atoms with Gasteiger partial charge in [-0.1, -0.05) is 29.8 Å². The van der Waals surface area contributed by atoms with Crippen molar-refractivity contribution in [3.8, 4) is 0 Å². The molecule has 4 aromatic rings. The summed E-state index contributed by atoms with van der Waals surface area (Å²) in [5, 5.41) is 4.96. The van der Waals surface area contributed by atoms with E-state index in [-0.39, 0.29) is 24.4 Å². The van der Waals surface area contributed by atoms with Gasteiger partial charge >= 0.3 is 0 Å². The molecule has 142 valence electrons. The Morgan fingerprint density at radius 1 is 1.14 bits per heavy atom. The first-order valence-electron chi connectivity index (χ1n) is 8.49. The highest BCUT2D eigenvalue weighted by atomic mass is 35.5. The molecule has 9 heteroatoms. The highest BCUT2D eigenvalue weighted by Gasteiger charge is 2.08. The molecule has 28 heavy (non-hydrogen) atoms. The summed E-state index contributed by atoms with van der Waals surface area (Å²) in [6.07, 6.45) is 3.48. The van der Waals surface area contributed by atoms with Crippen LogP contribution >= 0.6 is 34.3 Å². The second-order valence-corrected chi connectivity index (χ2v) is 8.22. The van der Waals surface area contributed by atoms with E-state index in [4.69, 9.17) is 11.6 Å². The number of carbonyl (C=O) groups excluding carboxylic acids is 1. The van der Waals surface area contributed by atoms with Gasteiger partial charge in [0, 0.05) is 29.6 Å². The summed E-state index contributed by atoms with van der Waals surface area (Å²) >= 11 is 9.02. The molecule has 0 radical (unpaired) electrons. The molecule has 0 saturated heterocycles. The summed E-state index contributed by atoms with van der Waals surface area (Å²) in [6.45, 7) is 0.781. The lowest BCUT2D eigenvalue weighted by Gasteiger charge is -2.05. The fraction of sp³-hybridized carbons (Fsp3) is 0.158. The first-order chi connectivity index (χ1) is 13.6. The number of benzene rings is 1. The van der Waals surface area contributed by atoms with Crippen molar-refractivity contribution in [3.63, 3.8) is 0 Å². The molecular weight excluding hydrogens is 416 g/mol. The van der Waals surface area contributed by atoms with E-state index in [0.717, 1.165) is 5.56 Å². The van der Waals surface area contributed by atoms with Gasteiger partial charge < -0.3 is 4.57 Å². The standard InChI is InChI=1S/C19H15ClN4O2S2/c20-15-4-2-1-3-13(15)11-23-8-10-28-19(23)22-16(25)5-7-24-12-21-17-14(18(24)26)6-9-27-17/h1-4,6,8-10,12H,5,7,11H2. The molecule has 0 atom stereocenters. The average Bonchev–Trinajstić information content (AvgIpc) is 3.33. The lowest BCUT2D eigenvalue weighted by Crippen LogP contribution is -2.22. The number of thiophene rings is 1. The summed E-state index contributed by atoms with van der Waals surface area (Å²) in [5.41, 5.74) is 0.821. The van der Waals surface area contributed by atoms with Gasteiger partial charge in [-0.25, -0.2) is 4.98 Å². The number of amides is 1. The van der Waals surface area contributed by atoms with E-state index in [9.17, 15) is 9.59 Å². The minimum absolute atomic E-state index is 0.126. The van der Waals surface area contributed by atoms with Gasteiger partial charge in [0.2, 0.25) is 5.91 Å². The highest BCUT2D eigenvalue weighted by Crippen LogP contribution is 2.16. The Morgan fingerprint density at radius 2 is 2.00 bits per heavy atom.